The normalized spacial score (nSPS) is 10.3. The van der Waals surface area contributed by atoms with E-state index in [1.165, 1.54) is 18.2 Å². The van der Waals surface area contributed by atoms with Gasteiger partial charge in [-0.15, -0.1) is 0 Å². The molecule has 0 aliphatic heterocycles. The van der Waals surface area contributed by atoms with Crippen molar-refractivity contribution in [3.8, 4) is 5.75 Å². The van der Waals surface area contributed by atoms with Crippen molar-refractivity contribution in [1.82, 2.24) is 0 Å². The van der Waals surface area contributed by atoms with Crippen LogP contribution in [-0.4, -0.2) is 12.4 Å². The first-order valence-corrected chi connectivity index (χ1v) is 6.14. The Morgan fingerprint density at radius 2 is 2.06 bits per heavy atom. The maximum Gasteiger partial charge on any atom is 0.166 e. The van der Waals surface area contributed by atoms with Crippen LogP contribution >= 0.6 is 0 Å². The molecule has 3 heteroatoms. The summed E-state index contributed by atoms with van der Waals surface area (Å²) in [5.74, 6) is 0.00653. The van der Waals surface area contributed by atoms with E-state index in [-0.39, 0.29) is 5.78 Å². The molecule has 1 rings (SSSR count). The second-order valence-electron chi connectivity index (χ2n) is 3.97. The molecule has 0 aliphatic rings. The lowest BCUT2D eigenvalue weighted by Crippen LogP contribution is -2.05. The average Bonchev–Trinajstić information content (AvgIpc) is 2.35. The molecule has 0 saturated carbocycles. The van der Waals surface area contributed by atoms with Crippen LogP contribution in [-0.2, 0) is 0 Å². The molecule has 1 aromatic carbocycles. The topological polar surface area (TPSA) is 26.3 Å². The molecule has 1 aromatic rings. The SMILES string of the molecule is CCCCCOc1ccc(F)cc1C(=O)CC. The molecule has 0 aromatic heterocycles. The maximum absolute atomic E-state index is 13.1. The highest BCUT2D eigenvalue weighted by Crippen LogP contribution is 2.21. The van der Waals surface area contributed by atoms with Gasteiger partial charge in [-0.05, 0) is 24.6 Å². The summed E-state index contributed by atoms with van der Waals surface area (Å²) < 4.78 is 18.6. The Morgan fingerprint density at radius 3 is 2.71 bits per heavy atom. The van der Waals surface area contributed by atoms with Gasteiger partial charge in [-0.3, -0.25) is 4.79 Å². The van der Waals surface area contributed by atoms with Gasteiger partial charge in [-0.25, -0.2) is 4.39 Å². The number of carbonyl (C=O) groups excluding carboxylic acids is 1. The highest BCUT2D eigenvalue weighted by molar-refractivity contribution is 5.98. The fraction of sp³-hybridized carbons (Fsp3) is 0.500. The van der Waals surface area contributed by atoms with Crippen LogP contribution in [0.2, 0.25) is 0 Å². The molecular formula is C14H19FO2. The van der Waals surface area contributed by atoms with Gasteiger partial charge in [0.2, 0.25) is 0 Å². The predicted molar refractivity (Wildman–Crippen MR) is 66.0 cm³/mol. The van der Waals surface area contributed by atoms with E-state index < -0.39 is 5.82 Å². The first-order valence-electron chi connectivity index (χ1n) is 6.14. The molecule has 0 saturated heterocycles. The average molecular weight is 238 g/mol. The van der Waals surface area contributed by atoms with Crippen LogP contribution in [0.15, 0.2) is 18.2 Å². The van der Waals surface area contributed by atoms with E-state index in [9.17, 15) is 9.18 Å². The van der Waals surface area contributed by atoms with Gasteiger partial charge in [0.05, 0.1) is 12.2 Å². The Labute approximate surface area is 102 Å². The molecule has 0 heterocycles. The van der Waals surface area contributed by atoms with Crippen LogP contribution in [0.5, 0.6) is 5.75 Å². The largest absolute Gasteiger partial charge is 0.493 e. The molecule has 17 heavy (non-hydrogen) atoms. The number of hydrogen-bond donors (Lipinski definition) is 0. The minimum Gasteiger partial charge on any atom is -0.493 e. The second kappa shape index (κ2) is 7.05. The van der Waals surface area contributed by atoms with Gasteiger partial charge in [0.1, 0.15) is 11.6 Å². The third-order valence-electron chi connectivity index (χ3n) is 2.57. The Hall–Kier alpha value is -1.38. The van der Waals surface area contributed by atoms with E-state index in [2.05, 4.69) is 6.92 Å². The molecule has 0 aliphatic carbocycles. The fourth-order valence-electron chi connectivity index (χ4n) is 1.57. The first-order chi connectivity index (χ1) is 8.19. The molecule has 0 unspecified atom stereocenters. The van der Waals surface area contributed by atoms with E-state index in [0.717, 1.165) is 19.3 Å². The Bertz CT molecular complexity index is 374. The van der Waals surface area contributed by atoms with Crippen molar-refractivity contribution in [2.45, 2.75) is 39.5 Å². The van der Waals surface area contributed by atoms with Gasteiger partial charge in [0.25, 0.3) is 0 Å². The van der Waals surface area contributed by atoms with Crippen molar-refractivity contribution in [3.05, 3.63) is 29.6 Å². The van der Waals surface area contributed by atoms with E-state index in [1.807, 2.05) is 0 Å². The van der Waals surface area contributed by atoms with Crippen molar-refractivity contribution in [1.29, 1.82) is 0 Å². The number of ether oxygens (including phenoxy) is 1. The van der Waals surface area contributed by atoms with Crippen molar-refractivity contribution in [2.24, 2.45) is 0 Å². The summed E-state index contributed by atoms with van der Waals surface area (Å²) in [4.78, 5) is 11.6. The summed E-state index contributed by atoms with van der Waals surface area (Å²) in [6.07, 6.45) is 3.52. The van der Waals surface area contributed by atoms with E-state index in [1.54, 1.807) is 6.92 Å². The number of rotatable bonds is 7. The van der Waals surface area contributed by atoms with Crippen LogP contribution < -0.4 is 4.74 Å². The minimum atomic E-state index is -0.400. The van der Waals surface area contributed by atoms with Gasteiger partial charge >= 0.3 is 0 Å². The van der Waals surface area contributed by atoms with Crippen molar-refractivity contribution in [2.75, 3.05) is 6.61 Å². The second-order valence-corrected chi connectivity index (χ2v) is 3.97. The van der Waals surface area contributed by atoms with E-state index >= 15 is 0 Å². The molecule has 0 atom stereocenters. The zero-order valence-electron chi connectivity index (χ0n) is 10.5. The molecule has 0 amide bonds. The molecule has 0 bridgehead atoms. The van der Waals surface area contributed by atoms with Crippen LogP contribution in [0.1, 0.15) is 49.9 Å². The highest BCUT2D eigenvalue weighted by Gasteiger charge is 2.11. The van der Waals surface area contributed by atoms with Crippen molar-refractivity contribution in [3.63, 3.8) is 0 Å². The van der Waals surface area contributed by atoms with Gasteiger partial charge < -0.3 is 4.74 Å². The minimum absolute atomic E-state index is 0.0880. The number of ketones is 1. The lowest BCUT2D eigenvalue weighted by molar-refractivity contribution is 0.0983. The zero-order chi connectivity index (χ0) is 12.7. The third-order valence-corrected chi connectivity index (χ3v) is 2.57. The number of benzene rings is 1. The highest BCUT2D eigenvalue weighted by atomic mass is 19.1. The van der Waals surface area contributed by atoms with Crippen LogP contribution in [0, 0.1) is 5.82 Å². The van der Waals surface area contributed by atoms with E-state index in [0.29, 0.717) is 24.3 Å². The number of Topliss-reactive ketones (excluding diaryl/α,β-unsaturated/α-hetero) is 1. The third kappa shape index (κ3) is 4.17. The zero-order valence-corrected chi connectivity index (χ0v) is 10.5. The molecule has 0 N–H and O–H groups in total. The van der Waals surface area contributed by atoms with Gasteiger partial charge in [0, 0.05) is 6.42 Å². The molecule has 0 radical (unpaired) electrons. The Morgan fingerprint density at radius 1 is 1.29 bits per heavy atom. The van der Waals surface area contributed by atoms with Gasteiger partial charge in [-0.2, -0.15) is 0 Å². The van der Waals surface area contributed by atoms with Gasteiger partial charge in [-0.1, -0.05) is 26.7 Å². The van der Waals surface area contributed by atoms with Crippen molar-refractivity contribution < 1.29 is 13.9 Å². The molecule has 0 spiro atoms. The summed E-state index contributed by atoms with van der Waals surface area (Å²) in [7, 11) is 0. The molecule has 0 fully saturated rings. The van der Waals surface area contributed by atoms with Crippen molar-refractivity contribution >= 4 is 5.78 Å². The number of carbonyl (C=O) groups is 1. The van der Waals surface area contributed by atoms with E-state index in [4.69, 9.17) is 4.74 Å². The fourth-order valence-corrected chi connectivity index (χ4v) is 1.57. The monoisotopic (exact) mass is 238 g/mol. The standard InChI is InChI=1S/C14H19FO2/c1-3-5-6-9-17-14-8-7-11(15)10-12(14)13(16)4-2/h7-8,10H,3-6,9H2,1-2H3. The summed E-state index contributed by atoms with van der Waals surface area (Å²) >= 11 is 0. The van der Waals surface area contributed by atoms with Crippen LogP contribution in [0.25, 0.3) is 0 Å². The first kappa shape index (κ1) is 13.7. The molecule has 2 nitrogen and oxygen atoms in total. The van der Waals surface area contributed by atoms with Crippen LogP contribution in [0.3, 0.4) is 0 Å². The lowest BCUT2D eigenvalue weighted by atomic mass is 10.1. The summed E-state index contributed by atoms with van der Waals surface area (Å²) in [5.41, 5.74) is 0.351. The van der Waals surface area contributed by atoms with Gasteiger partial charge in [0.15, 0.2) is 5.78 Å². The smallest absolute Gasteiger partial charge is 0.166 e. The lowest BCUT2D eigenvalue weighted by Gasteiger charge is -2.10. The number of unbranched alkanes of at least 4 members (excludes halogenated alkanes) is 2. The number of hydrogen-bond acceptors (Lipinski definition) is 2. The molecule has 94 valence electrons. The quantitative estimate of drug-likeness (QED) is 0.530. The predicted octanol–water partition coefficient (Wildman–Crippen LogP) is 3.99. The summed E-state index contributed by atoms with van der Waals surface area (Å²) in [6, 6.07) is 4.10. The summed E-state index contributed by atoms with van der Waals surface area (Å²) in [6.45, 7) is 4.45. The van der Waals surface area contributed by atoms with Crippen LogP contribution in [0.4, 0.5) is 4.39 Å². The Kier molecular flexibility index (Phi) is 5.67. The Balaban J connectivity index is 2.72. The molecular weight excluding hydrogens is 219 g/mol. The summed E-state index contributed by atoms with van der Waals surface area (Å²) in [5, 5.41) is 0. The number of halogens is 1. The maximum atomic E-state index is 13.1.